The van der Waals surface area contributed by atoms with Gasteiger partial charge in [-0.3, -0.25) is 0 Å². The van der Waals surface area contributed by atoms with Crippen molar-refractivity contribution in [3.63, 3.8) is 0 Å². The van der Waals surface area contributed by atoms with Gasteiger partial charge in [-0.1, -0.05) is 0 Å². The van der Waals surface area contributed by atoms with Gasteiger partial charge in [-0.2, -0.15) is 0 Å². The van der Waals surface area contributed by atoms with Crippen molar-refractivity contribution >= 4 is 0 Å². The minimum atomic E-state index is -0.0653. The predicted octanol–water partition coefficient (Wildman–Crippen LogP) is -2.43. The quantitative estimate of drug-likeness (QED) is 0.442. The molecule has 0 saturated heterocycles. The third-order valence-corrected chi connectivity index (χ3v) is 2.15. The van der Waals surface area contributed by atoms with E-state index >= 15 is 0 Å². The molecule has 58 valence electrons. The molecule has 0 N–H and O–H groups in total. The van der Waals surface area contributed by atoms with Crippen LogP contribution in [0.15, 0.2) is 12.4 Å². The number of aryl methyl sites for hydroxylation is 1. The van der Waals surface area contributed by atoms with Crippen LogP contribution in [0, 0.1) is 0 Å². The van der Waals surface area contributed by atoms with E-state index < -0.39 is 0 Å². The van der Waals surface area contributed by atoms with Crippen LogP contribution in [-0.2, 0) is 16.7 Å². The summed E-state index contributed by atoms with van der Waals surface area (Å²) in [6.45, 7) is 0.660. The fourth-order valence-corrected chi connectivity index (χ4v) is 1.23. The molecule has 10 heavy (non-hydrogen) atoms. The van der Waals surface area contributed by atoms with Crippen molar-refractivity contribution in [2.45, 2.75) is 6.61 Å². The molecule has 0 radical (unpaired) electrons. The monoisotopic (exact) mass is 253 g/mol. The standard InChI is InChI=1S/C6H10IN2O/c1-7-10-5-6-8-3-4-9(6)2/h3-4H,5H2,1-2H3/q-1. The van der Waals surface area contributed by atoms with Gasteiger partial charge in [0, 0.05) is 0 Å². The Morgan fingerprint density at radius 3 is 3.10 bits per heavy atom. The van der Waals surface area contributed by atoms with Gasteiger partial charge in [-0.25, -0.2) is 0 Å². The Kier molecular flexibility index (Phi) is 3.14. The summed E-state index contributed by atoms with van der Waals surface area (Å²) in [5, 5.41) is 0. The molecule has 3 nitrogen and oxygen atoms in total. The molecule has 1 rings (SSSR count). The van der Waals surface area contributed by atoms with Crippen LogP contribution in [0.3, 0.4) is 0 Å². The number of rotatable bonds is 3. The zero-order valence-electron chi connectivity index (χ0n) is 6.04. The molecular weight excluding hydrogens is 243 g/mol. The Morgan fingerprint density at radius 1 is 1.80 bits per heavy atom. The Balaban J connectivity index is 2.49. The first-order chi connectivity index (χ1) is 4.84. The SMILES string of the molecule is C[I-]OCc1nccn1C. The molecule has 4 heteroatoms. The third-order valence-electron chi connectivity index (χ3n) is 1.21. The van der Waals surface area contributed by atoms with Crippen LogP contribution in [0.1, 0.15) is 5.82 Å². The summed E-state index contributed by atoms with van der Waals surface area (Å²) in [6.07, 6.45) is 3.71. The number of halogens is 1. The number of hydrogen-bond acceptors (Lipinski definition) is 2. The van der Waals surface area contributed by atoms with E-state index in [9.17, 15) is 0 Å². The van der Waals surface area contributed by atoms with Gasteiger partial charge in [-0.05, 0) is 0 Å². The van der Waals surface area contributed by atoms with E-state index in [1.807, 2.05) is 17.8 Å². The molecule has 0 aromatic carbocycles. The van der Waals surface area contributed by atoms with Crippen molar-refractivity contribution < 1.29 is 24.7 Å². The van der Waals surface area contributed by atoms with Gasteiger partial charge in [0.1, 0.15) is 0 Å². The number of nitrogens with zero attached hydrogens (tertiary/aromatic N) is 2. The molecule has 0 amide bonds. The number of hydrogen-bond donors (Lipinski definition) is 0. The van der Waals surface area contributed by atoms with E-state index in [0.29, 0.717) is 6.61 Å². The Bertz CT molecular complexity index is 199. The van der Waals surface area contributed by atoms with E-state index in [0.717, 1.165) is 5.82 Å². The zero-order chi connectivity index (χ0) is 7.40. The second-order valence-corrected chi connectivity index (χ2v) is 3.37. The molecule has 0 bridgehead atoms. The van der Waals surface area contributed by atoms with Gasteiger partial charge in [0.25, 0.3) is 0 Å². The average Bonchev–Trinajstić information content (AvgIpc) is 2.31. The fourth-order valence-electron chi connectivity index (χ4n) is 0.639. The molecule has 1 heterocycles. The van der Waals surface area contributed by atoms with E-state index in [1.54, 1.807) is 6.20 Å². The molecular formula is C6H10IN2O-. The van der Waals surface area contributed by atoms with Crippen molar-refractivity contribution in [3.8, 4) is 0 Å². The van der Waals surface area contributed by atoms with Gasteiger partial charge in [-0.15, -0.1) is 0 Å². The summed E-state index contributed by atoms with van der Waals surface area (Å²) in [5.74, 6) is 1.00. The van der Waals surface area contributed by atoms with Crippen molar-refractivity contribution in [2.24, 2.45) is 7.05 Å². The molecule has 1 aromatic heterocycles. The van der Waals surface area contributed by atoms with Crippen molar-refractivity contribution in [3.05, 3.63) is 18.2 Å². The van der Waals surface area contributed by atoms with E-state index in [2.05, 4.69) is 9.91 Å². The maximum absolute atomic E-state index is 5.29. The van der Waals surface area contributed by atoms with Crippen LogP contribution in [-0.4, -0.2) is 14.5 Å². The van der Waals surface area contributed by atoms with E-state index in [-0.39, 0.29) is 21.6 Å². The van der Waals surface area contributed by atoms with Crippen LogP contribution in [0.5, 0.6) is 0 Å². The Labute approximate surface area is 71.2 Å². The van der Waals surface area contributed by atoms with Crippen LogP contribution in [0.25, 0.3) is 0 Å². The average molecular weight is 253 g/mol. The topological polar surface area (TPSA) is 27.1 Å². The first-order valence-electron chi connectivity index (χ1n) is 2.92. The van der Waals surface area contributed by atoms with Crippen LogP contribution in [0.2, 0.25) is 0 Å². The normalized spacial score (nSPS) is 10.6. The fraction of sp³-hybridized carbons (Fsp3) is 0.500. The third kappa shape index (κ3) is 1.95. The molecule has 1 aromatic rings. The molecule has 0 atom stereocenters. The molecule has 0 aliphatic heterocycles. The van der Waals surface area contributed by atoms with Gasteiger partial charge in [0.2, 0.25) is 0 Å². The second kappa shape index (κ2) is 3.92. The van der Waals surface area contributed by atoms with Gasteiger partial charge >= 0.3 is 71.0 Å². The summed E-state index contributed by atoms with van der Waals surface area (Å²) in [5.41, 5.74) is 0. The predicted molar refractivity (Wildman–Crippen MR) is 33.9 cm³/mol. The molecule has 0 fully saturated rings. The van der Waals surface area contributed by atoms with Crippen LogP contribution in [0.4, 0.5) is 0 Å². The van der Waals surface area contributed by atoms with Crippen LogP contribution < -0.4 is 21.6 Å². The second-order valence-electron chi connectivity index (χ2n) is 1.86. The molecule has 0 spiro atoms. The molecule has 0 aliphatic rings. The van der Waals surface area contributed by atoms with Gasteiger partial charge in [0.05, 0.1) is 0 Å². The molecule has 0 unspecified atom stereocenters. The summed E-state index contributed by atoms with van der Waals surface area (Å²) in [7, 11) is 1.97. The summed E-state index contributed by atoms with van der Waals surface area (Å²) in [6, 6.07) is 0. The van der Waals surface area contributed by atoms with E-state index in [1.165, 1.54) is 0 Å². The molecule has 0 aliphatic carbocycles. The minimum absolute atomic E-state index is 0.0653. The summed E-state index contributed by atoms with van der Waals surface area (Å²) in [4.78, 5) is 6.19. The summed E-state index contributed by atoms with van der Waals surface area (Å²) >= 11 is -0.0653. The first kappa shape index (κ1) is 8.00. The van der Waals surface area contributed by atoms with Crippen molar-refractivity contribution in [1.82, 2.24) is 9.55 Å². The van der Waals surface area contributed by atoms with Gasteiger partial charge < -0.3 is 0 Å². The zero-order valence-corrected chi connectivity index (χ0v) is 8.20. The number of aromatic nitrogens is 2. The first-order valence-corrected chi connectivity index (χ1v) is 5.96. The number of alkyl halides is 1. The Morgan fingerprint density at radius 2 is 2.60 bits per heavy atom. The van der Waals surface area contributed by atoms with Crippen LogP contribution >= 0.6 is 0 Å². The molecule has 0 saturated carbocycles. The van der Waals surface area contributed by atoms with E-state index in [4.69, 9.17) is 3.07 Å². The van der Waals surface area contributed by atoms with Crippen molar-refractivity contribution in [2.75, 3.05) is 4.93 Å². The van der Waals surface area contributed by atoms with Gasteiger partial charge in [0.15, 0.2) is 0 Å². The number of imidazole rings is 1. The maximum atomic E-state index is 5.29. The Hall–Kier alpha value is -0.100. The summed E-state index contributed by atoms with van der Waals surface area (Å²) < 4.78 is 7.26. The van der Waals surface area contributed by atoms with Crippen molar-refractivity contribution in [1.29, 1.82) is 0 Å².